The maximum atomic E-state index is 12.8. The molecule has 2 heterocycles. The van der Waals surface area contributed by atoms with Gasteiger partial charge in [-0.05, 0) is 45.0 Å². The van der Waals surface area contributed by atoms with Crippen molar-refractivity contribution in [1.82, 2.24) is 14.5 Å². The van der Waals surface area contributed by atoms with Crippen molar-refractivity contribution < 1.29 is 9.53 Å². The fraction of sp³-hybridized carbons (Fsp3) is 0.316. The molecule has 0 saturated carbocycles. The van der Waals surface area contributed by atoms with Gasteiger partial charge in [0, 0.05) is 17.4 Å². The fourth-order valence-corrected chi connectivity index (χ4v) is 4.00. The average molecular weight is 421 g/mol. The highest BCUT2D eigenvalue weighted by molar-refractivity contribution is 7.99. The number of nitrogens with one attached hydrogen (secondary N) is 2. The van der Waals surface area contributed by atoms with Crippen molar-refractivity contribution in [2.24, 2.45) is 0 Å². The number of fused-ring (bicyclic) bond motifs is 1. The van der Waals surface area contributed by atoms with Crippen LogP contribution >= 0.6 is 23.4 Å². The number of rotatable bonds is 6. The number of carbonyl (C=O) groups is 1. The van der Waals surface area contributed by atoms with E-state index in [1.807, 2.05) is 26.8 Å². The number of amides is 1. The van der Waals surface area contributed by atoms with Crippen molar-refractivity contribution in [2.75, 3.05) is 18.2 Å². The molecular weight excluding hydrogens is 400 g/mol. The van der Waals surface area contributed by atoms with E-state index in [1.54, 1.807) is 22.8 Å². The maximum absolute atomic E-state index is 12.8. The van der Waals surface area contributed by atoms with Crippen LogP contribution in [0.1, 0.15) is 25.6 Å². The van der Waals surface area contributed by atoms with Crippen molar-refractivity contribution in [1.29, 1.82) is 0 Å². The van der Waals surface area contributed by atoms with Gasteiger partial charge in [0.15, 0.2) is 5.16 Å². The van der Waals surface area contributed by atoms with Crippen molar-refractivity contribution in [3.05, 3.63) is 45.3 Å². The quantitative estimate of drug-likeness (QED) is 0.464. The molecule has 0 fully saturated rings. The van der Waals surface area contributed by atoms with Gasteiger partial charge >= 0.3 is 0 Å². The number of hydrogen-bond donors (Lipinski definition) is 2. The third-order valence-corrected chi connectivity index (χ3v) is 5.32. The SMILES string of the molecule is COc1ccc(NC(=O)CSc2nc3cc(C)[nH]c3c(=O)n2C(C)C)cc1Cl. The van der Waals surface area contributed by atoms with E-state index >= 15 is 0 Å². The third-order valence-electron chi connectivity index (χ3n) is 4.07. The lowest BCUT2D eigenvalue weighted by Gasteiger charge is -2.15. The second-order valence-corrected chi connectivity index (χ2v) is 7.91. The number of aromatic amines is 1. The van der Waals surface area contributed by atoms with Gasteiger partial charge in [-0.1, -0.05) is 23.4 Å². The zero-order chi connectivity index (χ0) is 20.4. The number of ether oxygens (including phenoxy) is 1. The predicted octanol–water partition coefficient (Wildman–Crippen LogP) is 4.01. The molecule has 1 aromatic carbocycles. The molecule has 7 nitrogen and oxygen atoms in total. The standard InChI is InChI=1S/C19H21ClN4O3S/c1-10(2)24-18(26)17-14(7-11(3)21-17)23-19(24)28-9-16(25)22-12-5-6-15(27-4)13(20)8-12/h5-8,10,21H,9H2,1-4H3,(H,22,25). The van der Waals surface area contributed by atoms with E-state index < -0.39 is 0 Å². The number of halogens is 1. The second-order valence-electron chi connectivity index (χ2n) is 6.56. The molecule has 9 heteroatoms. The van der Waals surface area contributed by atoms with Crippen LogP contribution in [0.25, 0.3) is 11.0 Å². The largest absolute Gasteiger partial charge is 0.495 e. The summed E-state index contributed by atoms with van der Waals surface area (Å²) in [7, 11) is 1.53. The number of aryl methyl sites for hydroxylation is 1. The molecule has 2 N–H and O–H groups in total. The molecule has 0 bridgehead atoms. The molecule has 0 saturated heterocycles. The van der Waals surface area contributed by atoms with E-state index in [9.17, 15) is 9.59 Å². The van der Waals surface area contributed by atoms with Crippen LogP contribution in [-0.4, -0.2) is 33.3 Å². The summed E-state index contributed by atoms with van der Waals surface area (Å²) >= 11 is 7.30. The summed E-state index contributed by atoms with van der Waals surface area (Å²) in [6.07, 6.45) is 0. The van der Waals surface area contributed by atoms with E-state index in [1.165, 1.54) is 18.9 Å². The van der Waals surface area contributed by atoms with Gasteiger partial charge in [-0.15, -0.1) is 0 Å². The number of anilines is 1. The van der Waals surface area contributed by atoms with Gasteiger partial charge in [0.25, 0.3) is 5.56 Å². The monoisotopic (exact) mass is 420 g/mol. The van der Waals surface area contributed by atoms with E-state index in [0.29, 0.717) is 32.6 Å². The van der Waals surface area contributed by atoms with Gasteiger partial charge in [0.1, 0.15) is 11.3 Å². The van der Waals surface area contributed by atoms with E-state index in [0.717, 1.165) is 5.69 Å². The molecule has 2 aromatic heterocycles. The lowest BCUT2D eigenvalue weighted by molar-refractivity contribution is -0.113. The van der Waals surface area contributed by atoms with Crippen molar-refractivity contribution in [3.8, 4) is 5.75 Å². The Balaban J connectivity index is 1.79. The summed E-state index contributed by atoms with van der Waals surface area (Å²) in [5.41, 5.74) is 2.38. The molecule has 0 aliphatic rings. The van der Waals surface area contributed by atoms with Crippen LogP contribution in [0.2, 0.25) is 5.02 Å². The van der Waals surface area contributed by atoms with E-state index in [-0.39, 0.29) is 23.3 Å². The number of nitrogens with zero attached hydrogens (tertiary/aromatic N) is 2. The highest BCUT2D eigenvalue weighted by atomic mass is 35.5. The summed E-state index contributed by atoms with van der Waals surface area (Å²) in [5.74, 6) is 0.424. The Morgan fingerprint density at radius 1 is 1.39 bits per heavy atom. The Hall–Kier alpha value is -2.45. The molecule has 0 aliphatic heterocycles. The Kier molecular flexibility index (Phi) is 6.00. The lowest BCUT2D eigenvalue weighted by atomic mass is 10.3. The van der Waals surface area contributed by atoms with Gasteiger partial charge in [-0.25, -0.2) is 4.98 Å². The van der Waals surface area contributed by atoms with Crippen LogP contribution in [0, 0.1) is 6.92 Å². The Morgan fingerprint density at radius 3 is 2.79 bits per heavy atom. The number of hydrogen-bond acceptors (Lipinski definition) is 5. The predicted molar refractivity (Wildman–Crippen MR) is 113 cm³/mol. The number of aromatic nitrogens is 3. The van der Waals surface area contributed by atoms with E-state index in [2.05, 4.69) is 15.3 Å². The van der Waals surface area contributed by atoms with Crippen molar-refractivity contribution in [2.45, 2.75) is 32.0 Å². The zero-order valence-corrected chi connectivity index (χ0v) is 17.6. The maximum Gasteiger partial charge on any atom is 0.278 e. The minimum atomic E-state index is -0.221. The summed E-state index contributed by atoms with van der Waals surface area (Å²) in [4.78, 5) is 32.8. The first-order chi connectivity index (χ1) is 13.3. The normalized spacial score (nSPS) is 11.2. The molecule has 0 unspecified atom stereocenters. The molecule has 148 valence electrons. The minimum absolute atomic E-state index is 0.0843. The van der Waals surface area contributed by atoms with Gasteiger partial charge in [0.2, 0.25) is 5.91 Å². The van der Waals surface area contributed by atoms with Crippen LogP contribution in [0.3, 0.4) is 0 Å². The Morgan fingerprint density at radius 2 is 2.14 bits per heavy atom. The number of thioether (sulfide) groups is 1. The average Bonchev–Trinajstić information content (AvgIpc) is 3.00. The molecule has 3 rings (SSSR count). The van der Waals surface area contributed by atoms with Gasteiger partial charge in [-0.3, -0.25) is 14.2 Å². The molecule has 0 radical (unpaired) electrons. The highest BCUT2D eigenvalue weighted by Gasteiger charge is 2.17. The smallest absolute Gasteiger partial charge is 0.278 e. The van der Waals surface area contributed by atoms with Crippen LogP contribution in [0.5, 0.6) is 5.75 Å². The molecule has 0 spiro atoms. The van der Waals surface area contributed by atoms with Crippen LogP contribution in [0.4, 0.5) is 5.69 Å². The third kappa shape index (κ3) is 4.18. The minimum Gasteiger partial charge on any atom is -0.495 e. The van der Waals surface area contributed by atoms with Crippen LogP contribution in [-0.2, 0) is 4.79 Å². The van der Waals surface area contributed by atoms with Crippen LogP contribution < -0.4 is 15.6 Å². The summed E-state index contributed by atoms with van der Waals surface area (Å²) < 4.78 is 6.70. The van der Waals surface area contributed by atoms with Gasteiger partial charge in [-0.2, -0.15) is 0 Å². The molecule has 0 atom stereocenters. The van der Waals surface area contributed by atoms with Crippen molar-refractivity contribution in [3.63, 3.8) is 0 Å². The Bertz CT molecular complexity index is 1090. The van der Waals surface area contributed by atoms with Gasteiger partial charge < -0.3 is 15.0 Å². The van der Waals surface area contributed by atoms with Crippen LogP contribution in [0.15, 0.2) is 34.2 Å². The number of carbonyl (C=O) groups excluding carboxylic acids is 1. The first kappa shape index (κ1) is 20.3. The Labute approximate surface area is 171 Å². The summed E-state index contributed by atoms with van der Waals surface area (Å²) in [5, 5.41) is 3.71. The van der Waals surface area contributed by atoms with Crippen molar-refractivity contribution >= 4 is 46.0 Å². The highest BCUT2D eigenvalue weighted by Crippen LogP contribution is 2.27. The molecule has 28 heavy (non-hydrogen) atoms. The molecular formula is C19H21ClN4O3S. The topological polar surface area (TPSA) is 89.0 Å². The number of H-pyrrole nitrogens is 1. The summed E-state index contributed by atoms with van der Waals surface area (Å²) in [6, 6.07) is 6.76. The molecule has 0 aliphatic carbocycles. The lowest BCUT2D eigenvalue weighted by Crippen LogP contribution is -2.25. The second kappa shape index (κ2) is 8.28. The van der Waals surface area contributed by atoms with Gasteiger partial charge in [0.05, 0.1) is 23.4 Å². The zero-order valence-electron chi connectivity index (χ0n) is 16.0. The number of benzene rings is 1. The summed E-state index contributed by atoms with van der Waals surface area (Å²) in [6.45, 7) is 5.70. The first-order valence-electron chi connectivity index (χ1n) is 8.68. The fourth-order valence-electron chi connectivity index (χ4n) is 2.82. The molecule has 3 aromatic rings. The number of methoxy groups -OCH3 is 1. The first-order valence-corrected chi connectivity index (χ1v) is 10.0. The van der Waals surface area contributed by atoms with E-state index in [4.69, 9.17) is 16.3 Å². The molecule has 1 amide bonds.